The maximum atomic E-state index is 5.79. The Morgan fingerprint density at radius 2 is 0.651 bits per heavy atom. The van der Waals surface area contributed by atoms with E-state index in [4.69, 9.17) is 56.8 Å². The third-order valence-corrected chi connectivity index (χ3v) is 5.89. The molecule has 0 atom stereocenters. The molecule has 0 aromatic rings. The zero-order valence-electron chi connectivity index (χ0n) is 26.9. The van der Waals surface area contributed by atoms with Gasteiger partial charge in [-0.1, -0.05) is 0 Å². The highest BCUT2D eigenvalue weighted by Gasteiger charge is 2.12. The Morgan fingerprint density at radius 1 is 0.395 bits per heavy atom. The summed E-state index contributed by atoms with van der Waals surface area (Å²) < 4.78 is 65.9. The summed E-state index contributed by atoms with van der Waals surface area (Å²) in [6.07, 6.45) is 2.77. The molecule has 1 rings (SSSR count). The predicted octanol–water partition coefficient (Wildman–Crippen LogP) is 1.35. The molecule has 1 aliphatic rings. The van der Waals surface area contributed by atoms with Gasteiger partial charge in [0.25, 0.3) is 0 Å². The first-order chi connectivity index (χ1) is 21.3. The van der Waals surface area contributed by atoms with Gasteiger partial charge in [0.05, 0.1) is 158 Å². The van der Waals surface area contributed by atoms with Crippen molar-refractivity contribution in [3.63, 3.8) is 0 Å². The van der Waals surface area contributed by atoms with Crippen molar-refractivity contribution < 1.29 is 56.8 Å². The quantitative estimate of drug-likeness (QED) is 0.102. The summed E-state index contributed by atoms with van der Waals surface area (Å²) in [5, 5.41) is 3.33. The van der Waals surface area contributed by atoms with E-state index in [9.17, 15) is 0 Å². The molecule has 0 radical (unpaired) electrons. The molecular formula is C30H61NO12. The van der Waals surface area contributed by atoms with Crippen LogP contribution in [0.4, 0.5) is 0 Å². The minimum atomic E-state index is 0.233. The van der Waals surface area contributed by atoms with Crippen molar-refractivity contribution >= 4 is 0 Å². The van der Waals surface area contributed by atoms with Crippen LogP contribution in [0, 0.1) is 0 Å². The molecule has 1 fully saturated rings. The van der Waals surface area contributed by atoms with Gasteiger partial charge in [0.15, 0.2) is 0 Å². The van der Waals surface area contributed by atoms with Crippen LogP contribution >= 0.6 is 0 Å². The molecule has 1 saturated heterocycles. The van der Waals surface area contributed by atoms with Crippen molar-refractivity contribution in [1.29, 1.82) is 0 Å². The van der Waals surface area contributed by atoms with E-state index in [1.54, 1.807) is 0 Å². The van der Waals surface area contributed by atoms with Gasteiger partial charge in [-0.25, -0.2) is 0 Å². The van der Waals surface area contributed by atoms with Gasteiger partial charge in [-0.15, -0.1) is 0 Å². The van der Waals surface area contributed by atoms with Crippen LogP contribution in [0.3, 0.4) is 0 Å². The van der Waals surface area contributed by atoms with E-state index in [0.29, 0.717) is 151 Å². The fourth-order valence-electron chi connectivity index (χ4n) is 3.66. The van der Waals surface area contributed by atoms with E-state index in [1.807, 2.05) is 13.8 Å². The number of nitrogens with one attached hydrogen (secondary N) is 1. The van der Waals surface area contributed by atoms with Crippen molar-refractivity contribution in [2.24, 2.45) is 0 Å². The van der Waals surface area contributed by atoms with E-state index in [0.717, 1.165) is 25.9 Å². The molecule has 13 heteroatoms. The minimum absolute atomic E-state index is 0.233. The van der Waals surface area contributed by atoms with Crippen LogP contribution in [0.1, 0.15) is 26.7 Å². The molecule has 1 N–H and O–H groups in total. The third kappa shape index (κ3) is 32.7. The second-order valence-electron chi connectivity index (χ2n) is 9.86. The van der Waals surface area contributed by atoms with Crippen LogP contribution in [0.15, 0.2) is 0 Å². The van der Waals surface area contributed by atoms with Crippen molar-refractivity contribution in [3.05, 3.63) is 0 Å². The van der Waals surface area contributed by atoms with E-state index in [1.165, 1.54) is 0 Å². The van der Waals surface area contributed by atoms with Crippen molar-refractivity contribution in [1.82, 2.24) is 5.32 Å². The average Bonchev–Trinajstić information content (AvgIpc) is 3.01. The van der Waals surface area contributed by atoms with Crippen molar-refractivity contribution in [2.75, 3.05) is 158 Å². The second-order valence-corrected chi connectivity index (χ2v) is 9.86. The van der Waals surface area contributed by atoms with E-state index < -0.39 is 0 Å². The molecule has 258 valence electrons. The molecule has 0 aliphatic carbocycles. The van der Waals surface area contributed by atoms with Crippen molar-refractivity contribution in [2.45, 2.75) is 38.9 Å². The fourth-order valence-corrected chi connectivity index (χ4v) is 3.66. The van der Waals surface area contributed by atoms with Crippen LogP contribution < -0.4 is 5.32 Å². The van der Waals surface area contributed by atoms with Gasteiger partial charge >= 0.3 is 0 Å². The third-order valence-electron chi connectivity index (χ3n) is 5.89. The molecule has 0 bridgehead atoms. The maximum absolute atomic E-state index is 5.79. The molecular weight excluding hydrogens is 566 g/mol. The smallest absolute Gasteiger partial charge is 0.0704 e. The highest BCUT2D eigenvalue weighted by atomic mass is 16.6. The number of hydrogen-bond donors (Lipinski definition) is 1. The van der Waals surface area contributed by atoms with E-state index >= 15 is 0 Å². The molecule has 13 nitrogen and oxygen atoms in total. The van der Waals surface area contributed by atoms with E-state index in [-0.39, 0.29) is 6.10 Å². The van der Waals surface area contributed by atoms with Gasteiger partial charge in [-0.3, -0.25) is 0 Å². The van der Waals surface area contributed by atoms with Gasteiger partial charge < -0.3 is 62.2 Å². The first-order valence-electron chi connectivity index (χ1n) is 16.0. The van der Waals surface area contributed by atoms with Crippen LogP contribution in [-0.2, 0) is 56.8 Å². The Morgan fingerprint density at radius 3 is 0.930 bits per heavy atom. The van der Waals surface area contributed by atoms with Crippen LogP contribution in [-0.4, -0.2) is 171 Å². The second kappa shape index (κ2) is 34.4. The standard InChI is InChI=1S/C30H61NO12/c1-29(2)42-27-25-40-23-21-38-19-17-36-15-13-34-11-9-32-7-8-33-10-12-35-14-16-37-18-20-39-22-24-41-26-28-43-30-3-5-31-6-4-30/h29-31H,3-28H2,1-2H3. The molecule has 43 heavy (non-hydrogen) atoms. The number of hydrogen-bond acceptors (Lipinski definition) is 13. The topological polar surface area (TPSA) is 123 Å². The molecule has 0 aromatic carbocycles. The molecule has 0 unspecified atom stereocenters. The summed E-state index contributed by atoms with van der Waals surface area (Å²) in [6, 6.07) is 0. The molecule has 0 spiro atoms. The molecule has 0 saturated carbocycles. The Bertz CT molecular complexity index is 529. The lowest BCUT2D eigenvalue weighted by Gasteiger charge is -2.22. The first kappa shape index (κ1) is 40.5. The summed E-state index contributed by atoms with van der Waals surface area (Å²) >= 11 is 0. The number of rotatable bonds is 35. The van der Waals surface area contributed by atoms with Gasteiger partial charge in [0, 0.05) is 0 Å². The van der Waals surface area contributed by atoms with Gasteiger partial charge in [0.1, 0.15) is 0 Å². The Balaban J connectivity index is 1.60. The summed E-state index contributed by atoms with van der Waals surface area (Å²) in [7, 11) is 0. The lowest BCUT2D eigenvalue weighted by Crippen LogP contribution is -2.33. The summed E-state index contributed by atoms with van der Waals surface area (Å²) in [5.41, 5.74) is 0. The van der Waals surface area contributed by atoms with Crippen molar-refractivity contribution in [3.8, 4) is 0 Å². The maximum Gasteiger partial charge on any atom is 0.0704 e. The van der Waals surface area contributed by atoms with Crippen LogP contribution in [0.25, 0.3) is 0 Å². The molecule has 0 amide bonds. The SMILES string of the molecule is CC(C)OCCOCCOCCOCCOCCOCCOCCOCCOCCOCCOCCOC1CCNCC1. The van der Waals surface area contributed by atoms with E-state index in [2.05, 4.69) is 5.32 Å². The highest BCUT2D eigenvalue weighted by Crippen LogP contribution is 2.06. The highest BCUT2D eigenvalue weighted by molar-refractivity contribution is 4.67. The lowest BCUT2D eigenvalue weighted by atomic mass is 10.1. The summed E-state index contributed by atoms with van der Waals surface area (Å²) in [6.45, 7) is 18.1. The number of ether oxygens (including phenoxy) is 12. The molecule has 1 aliphatic heterocycles. The normalized spacial score (nSPS) is 14.3. The Kier molecular flexibility index (Phi) is 32.4. The molecule has 0 aromatic heterocycles. The zero-order valence-corrected chi connectivity index (χ0v) is 26.9. The largest absolute Gasteiger partial charge is 0.377 e. The number of piperidine rings is 1. The van der Waals surface area contributed by atoms with Crippen LogP contribution in [0.2, 0.25) is 0 Å². The fraction of sp³-hybridized carbons (Fsp3) is 1.00. The first-order valence-corrected chi connectivity index (χ1v) is 16.0. The minimum Gasteiger partial charge on any atom is -0.377 e. The van der Waals surface area contributed by atoms with Gasteiger partial charge in [-0.05, 0) is 39.8 Å². The average molecular weight is 628 g/mol. The summed E-state index contributed by atoms with van der Waals surface area (Å²) in [5.74, 6) is 0. The predicted molar refractivity (Wildman–Crippen MR) is 161 cm³/mol. The monoisotopic (exact) mass is 627 g/mol. The molecule has 1 heterocycles. The van der Waals surface area contributed by atoms with Gasteiger partial charge in [-0.2, -0.15) is 0 Å². The van der Waals surface area contributed by atoms with Crippen LogP contribution in [0.5, 0.6) is 0 Å². The van der Waals surface area contributed by atoms with Gasteiger partial charge in [0.2, 0.25) is 0 Å². The Labute approximate surface area is 259 Å². The lowest BCUT2D eigenvalue weighted by molar-refractivity contribution is -0.0328. The zero-order chi connectivity index (χ0) is 30.7. The summed E-state index contributed by atoms with van der Waals surface area (Å²) in [4.78, 5) is 0. The Hall–Kier alpha value is -0.520.